The van der Waals surface area contributed by atoms with Crippen LogP contribution in [0.4, 0.5) is 30.5 Å². The smallest absolute Gasteiger partial charge is 0.264 e. The number of hydrogen-bond acceptors (Lipinski definition) is 7. The van der Waals surface area contributed by atoms with Gasteiger partial charge >= 0.3 is 0 Å². The van der Waals surface area contributed by atoms with Gasteiger partial charge in [0.15, 0.2) is 11.6 Å². The summed E-state index contributed by atoms with van der Waals surface area (Å²) in [5.74, 6) is -5.57. The van der Waals surface area contributed by atoms with Crippen molar-refractivity contribution in [3.05, 3.63) is 30.2 Å². The van der Waals surface area contributed by atoms with Gasteiger partial charge in [-0.05, 0) is 6.42 Å². The highest BCUT2D eigenvalue weighted by Crippen LogP contribution is 2.37. The standard InChI is InChI=1S/C21H22F3N7O3/c1-21(23,24)9-31-16-10(7-28-31)6-27-18(17(16)34-3)29-14-5-15(26-8-12(14)19(32)25-2)30-20(33)11-4-13(11)22/h5-8,11,13H,4,9H2,1-3H3,(H,25,32)(H2,26,27,29,30,33)/t11-,13+/m1/s1/i2D3. The molecule has 1 saturated carbocycles. The molecule has 0 aliphatic heterocycles. The molecule has 2 amide bonds. The molecule has 3 aromatic heterocycles. The number of halogens is 3. The third kappa shape index (κ3) is 4.72. The summed E-state index contributed by atoms with van der Waals surface area (Å²) < 4.78 is 69.1. The highest BCUT2D eigenvalue weighted by Gasteiger charge is 2.43. The lowest BCUT2D eigenvalue weighted by Gasteiger charge is -2.16. The molecule has 180 valence electrons. The first-order valence-corrected chi connectivity index (χ1v) is 10.1. The van der Waals surface area contributed by atoms with Gasteiger partial charge in [0.25, 0.3) is 11.8 Å². The van der Waals surface area contributed by atoms with Gasteiger partial charge in [0.1, 0.15) is 24.1 Å². The van der Waals surface area contributed by atoms with Crippen molar-refractivity contribution in [3.8, 4) is 5.75 Å². The zero-order chi connectivity index (χ0) is 27.1. The average molecular weight is 480 g/mol. The number of amides is 2. The SMILES string of the molecule is [2H]C([2H])([2H])NC(=O)c1cnc(NC(=O)[C@@H]2C[C@@H]2F)cc1Nc1ncc2cnn(CC(C)(F)F)c2c1OC. The molecule has 0 saturated heterocycles. The largest absolute Gasteiger partial charge is 0.491 e. The lowest BCUT2D eigenvalue weighted by atomic mass is 10.2. The van der Waals surface area contributed by atoms with Gasteiger partial charge in [-0.25, -0.2) is 23.1 Å². The summed E-state index contributed by atoms with van der Waals surface area (Å²) in [6.07, 6.45) is 2.54. The number of hydrogen-bond donors (Lipinski definition) is 3. The fraction of sp³-hybridized carbons (Fsp3) is 0.381. The minimum absolute atomic E-state index is 0.0158. The molecule has 1 aliphatic rings. The fourth-order valence-electron chi connectivity index (χ4n) is 3.37. The van der Waals surface area contributed by atoms with E-state index in [0.29, 0.717) is 5.39 Å². The minimum atomic E-state index is -3.08. The number of methoxy groups -OCH3 is 1. The molecule has 0 radical (unpaired) electrons. The Bertz CT molecular complexity index is 1360. The Balaban J connectivity index is 1.75. The molecule has 0 unspecified atom stereocenters. The van der Waals surface area contributed by atoms with Crippen molar-refractivity contribution in [1.29, 1.82) is 0 Å². The molecule has 3 N–H and O–H groups in total. The summed E-state index contributed by atoms with van der Waals surface area (Å²) in [6.45, 7) is -2.82. The summed E-state index contributed by atoms with van der Waals surface area (Å²) in [6, 6.07) is 1.23. The Morgan fingerprint density at radius 1 is 1.32 bits per heavy atom. The maximum atomic E-state index is 13.7. The van der Waals surface area contributed by atoms with Gasteiger partial charge in [-0.3, -0.25) is 14.3 Å². The second-order valence-corrected chi connectivity index (χ2v) is 7.86. The highest BCUT2D eigenvalue weighted by atomic mass is 19.3. The molecule has 0 bridgehead atoms. The van der Waals surface area contributed by atoms with Gasteiger partial charge in [-0.2, -0.15) is 5.10 Å². The highest BCUT2D eigenvalue weighted by molar-refractivity contribution is 6.02. The third-order valence-corrected chi connectivity index (χ3v) is 5.08. The molecule has 3 aromatic rings. The molecule has 34 heavy (non-hydrogen) atoms. The van der Waals surface area contributed by atoms with Crippen LogP contribution in [0.2, 0.25) is 0 Å². The van der Waals surface area contributed by atoms with E-state index in [4.69, 9.17) is 8.85 Å². The number of alkyl halides is 3. The zero-order valence-electron chi connectivity index (χ0n) is 21.0. The maximum Gasteiger partial charge on any atom is 0.264 e. The van der Waals surface area contributed by atoms with E-state index >= 15 is 0 Å². The molecule has 1 fully saturated rings. The lowest BCUT2D eigenvalue weighted by molar-refractivity contribution is -0.117. The van der Waals surface area contributed by atoms with Gasteiger partial charge in [-0.1, -0.05) is 0 Å². The van der Waals surface area contributed by atoms with E-state index in [-0.39, 0.29) is 40.6 Å². The minimum Gasteiger partial charge on any atom is -0.491 e. The van der Waals surface area contributed by atoms with Crippen molar-refractivity contribution in [2.45, 2.75) is 32.0 Å². The molecule has 1 aliphatic carbocycles. The van der Waals surface area contributed by atoms with Crippen LogP contribution in [0.1, 0.15) is 27.8 Å². The second kappa shape index (κ2) is 8.80. The van der Waals surface area contributed by atoms with Crippen LogP contribution in [0.15, 0.2) is 24.7 Å². The first kappa shape index (κ1) is 19.6. The van der Waals surface area contributed by atoms with Crippen LogP contribution in [-0.4, -0.2) is 57.7 Å². The average Bonchev–Trinajstić information content (AvgIpc) is 3.39. The quantitative estimate of drug-likeness (QED) is 0.453. The van der Waals surface area contributed by atoms with E-state index in [9.17, 15) is 22.8 Å². The van der Waals surface area contributed by atoms with Gasteiger partial charge in [0, 0.05) is 41.9 Å². The number of aromatic nitrogens is 4. The van der Waals surface area contributed by atoms with Crippen LogP contribution >= 0.6 is 0 Å². The fourth-order valence-corrected chi connectivity index (χ4v) is 3.37. The van der Waals surface area contributed by atoms with E-state index in [0.717, 1.165) is 17.8 Å². The number of carbonyl (C=O) groups excluding carboxylic acids is 2. The lowest BCUT2D eigenvalue weighted by Crippen LogP contribution is -2.21. The van der Waals surface area contributed by atoms with E-state index in [2.05, 4.69) is 25.7 Å². The van der Waals surface area contributed by atoms with Crippen molar-refractivity contribution in [2.24, 2.45) is 5.92 Å². The Hall–Kier alpha value is -3.90. The van der Waals surface area contributed by atoms with Crippen molar-refractivity contribution in [2.75, 3.05) is 24.7 Å². The Morgan fingerprint density at radius 3 is 2.74 bits per heavy atom. The predicted octanol–water partition coefficient (Wildman–Crippen LogP) is 2.89. The number of anilines is 3. The number of fused-ring (bicyclic) bond motifs is 1. The van der Waals surface area contributed by atoms with E-state index < -0.39 is 43.3 Å². The molecular formula is C21H22F3N7O3. The molecule has 0 spiro atoms. The molecule has 0 aromatic carbocycles. The van der Waals surface area contributed by atoms with Crippen LogP contribution in [0.25, 0.3) is 10.9 Å². The molecule has 10 nitrogen and oxygen atoms in total. The number of nitrogens with zero attached hydrogens (tertiary/aromatic N) is 4. The number of carbonyl (C=O) groups is 2. The third-order valence-electron chi connectivity index (χ3n) is 5.08. The van der Waals surface area contributed by atoms with Crippen LogP contribution < -0.4 is 20.7 Å². The normalized spacial score (nSPS) is 19.0. The topological polar surface area (TPSA) is 123 Å². The summed E-state index contributed by atoms with van der Waals surface area (Å²) in [5, 5.41) is 11.5. The maximum absolute atomic E-state index is 13.7. The van der Waals surface area contributed by atoms with Gasteiger partial charge in [0.05, 0.1) is 30.5 Å². The van der Waals surface area contributed by atoms with Crippen LogP contribution in [0.3, 0.4) is 0 Å². The zero-order valence-corrected chi connectivity index (χ0v) is 18.0. The van der Waals surface area contributed by atoms with Crippen molar-refractivity contribution >= 4 is 40.0 Å². The number of nitrogens with one attached hydrogen (secondary N) is 3. The monoisotopic (exact) mass is 480 g/mol. The number of rotatable bonds is 8. The summed E-state index contributed by atoms with van der Waals surface area (Å²) in [5.41, 5.74) is -0.0848. The summed E-state index contributed by atoms with van der Waals surface area (Å²) >= 11 is 0. The molecular weight excluding hydrogens is 455 g/mol. The summed E-state index contributed by atoms with van der Waals surface area (Å²) in [7, 11) is 1.28. The molecule has 3 heterocycles. The second-order valence-electron chi connectivity index (χ2n) is 7.86. The van der Waals surface area contributed by atoms with E-state index in [1.54, 1.807) is 0 Å². The predicted molar refractivity (Wildman–Crippen MR) is 117 cm³/mol. The Morgan fingerprint density at radius 2 is 2.09 bits per heavy atom. The molecule has 4 rings (SSSR count). The Kier molecular flexibility index (Phi) is 5.06. The van der Waals surface area contributed by atoms with Crippen molar-refractivity contribution in [1.82, 2.24) is 25.1 Å². The van der Waals surface area contributed by atoms with Gasteiger partial charge in [-0.15, -0.1) is 0 Å². The van der Waals surface area contributed by atoms with Gasteiger partial charge < -0.3 is 20.7 Å². The van der Waals surface area contributed by atoms with Crippen LogP contribution in [-0.2, 0) is 11.3 Å². The Labute approximate surface area is 196 Å². The van der Waals surface area contributed by atoms with Crippen molar-refractivity contribution < 1.29 is 31.6 Å². The number of ether oxygens (including phenoxy) is 1. The van der Waals surface area contributed by atoms with Crippen LogP contribution in [0, 0.1) is 5.92 Å². The van der Waals surface area contributed by atoms with Gasteiger partial charge in [0.2, 0.25) is 5.91 Å². The van der Waals surface area contributed by atoms with Crippen LogP contribution in [0.5, 0.6) is 5.75 Å². The molecule has 2 atom stereocenters. The first-order chi connectivity index (χ1) is 17.3. The van der Waals surface area contributed by atoms with Crippen molar-refractivity contribution in [3.63, 3.8) is 0 Å². The number of pyridine rings is 2. The molecule has 13 heteroatoms. The first-order valence-electron chi connectivity index (χ1n) is 11.6. The van der Waals surface area contributed by atoms with E-state index in [1.807, 2.05) is 5.32 Å². The van der Waals surface area contributed by atoms with E-state index in [1.165, 1.54) is 25.6 Å². The summed E-state index contributed by atoms with van der Waals surface area (Å²) in [4.78, 5) is 33.0.